The number of ether oxygens (including phenoxy) is 2. The highest BCUT2D eigenvalue weighted by Crippen LogP contribution is 2.25. The molecule has 3 rings (SSSR count). The van der Waals surface area contributed by atoms with Crippen molar-refractivity contribution in [2.75, 3.05) is 24.3 Å². The Balaban J connectivity index is 1.59. The summed E-state index contributed by atoms with van der Waals surface area (Å²) in [5.41, 5.74) is 0.542. The highest BCUT2D eigenvalue weighted by atomic mass is 32.2. The van der Waals surface area contributed by atoms with Crippen LogP contribution in [0.4, 0.5) is 5.13 Å². The van der Waals surface area contributed by atoms with Gasteiger partial charge in [0.05, 0.1) is 30.7 Å². The summed E-state index contributed by atoms with van der Waals surface area (Å²) >= 11 is 2.44. The molecule has 1 aliphatic rings. The van der Waals surface area contributed by atoms with Crippen molar-refractivity contribution in [2.24, 2.45) is 0 Å². The van der Waals surface area contributed by atoms with Crippen LogP contribution in [0.5, 0.6) is 0 Å². The fourth-order valence-electron chi connectivity index (χ4n) is 2.98. The van der Waals surface area contributed by atoms with Crippen molar-refractivity contribution in [3.05, 3.63) is 16.4 Å². The van der Waals surface area contributed by atoms with Gasteiger partial charge in [-0.1, -0.05) is 30.0 Å². The van der Waals surface area contributed by atoms with Gasteiger partial charge in [-0.15, -0.1) is 10.2 Å². The van der Waals surface area contributed by atoms with Gasteiger partial charge in [0.15, 0.2) is 10.3 Å². The Bertz CT molecular complexity index is 861. The van der Waals surface area contributed by atoms with Gasteiger partial charge in [0.1, 0.15) is 10.7 Å². The number of hydrogen-bond acceptors (Lipinski definition) is 9. The van der Waals surface area contributed by atoms with Crippen molar-refractivity contribution in [1.82, 2.24) is 19.7 Å². The van der Waals surface area contributed by atoms with Gasteiger partial charge in [-0.25, -0.2) is 9.78 Å². The molecule has 0 spiro atoms. The van der Waals surface area contributed by atoms with Crippen molar-refractivity contribution >= 4 is 40.1 Å². The van der Waals surface area contributed by atoms with Crippen molar-refractivity contribution in [2.45, 2.75) is 57.8 Å². The van der Waals surface area contributed by atoms with Gasteiger partial charge in [0.2, 0.25) is 5.91 Å². The van der Waals surface area contributed by atoms with E-state index in [1.807, 2.05) is 11.5 Å². The number of carbonyl (C=O) groups excluding carboxylic acids is 2. The van der Waals surface area contributed by atoms with E-state index < -0.39 is 5.97 Å². The Morgan fingerprint density at radius 2 is 2.21 bits per heavy atom. The molecule has 0 bridgehead atoms. The number of esters is 1. The normalized spacial score (nSPS) is 16.2. The number of thiazole rings is 1. The molecule has 1 atom stereocenters. The van der Waals surface area contributed by atoms with Gasteiger partial charge in [-0.2, -0.15) is 0 Å². The topological polar surface area (TPSA) is 108 Å². The monoisotopic (exact) mass is 439 g/mol. The summed E-state index contributed by atoms with van der Waals surface area (Å²) in [4.78, 5) is 28.9. The first-order valence-electron chi connectivity index (χ1n) is 9.62. The number of nitrogens with zero attached hydrogens (tertiary/aromatic N) is 4. The lowest BCUT2D eigenvalue weighted by Crippen LogP contribution is -2.19. The van der Waals surface area contributed by atoms with Crippen molar-refractivity contribution in [3.63, 3.8) is 0 Å². The van der Waals surface area contributed by atoms with E-state index in [-0.39, 0.29) is 17.8 Å². The number of amides is 1. The summed E-state index contributed by atoms with van der Waals surface area (Å²) in [7, 11) is 0. The Kier molecular flexibility index (Phi) is 7.62. The number of carbonyl (C=O) groups is 2. The van der Waals surface area contributed by atoms with E-state index in [2.05, 4.69) is 20.5 Å². The van der Waals surface area contributed by atoms with E-state index in [0.29, 0.717) is 34.0 Å². The largest absolute Gasteiger partial charge is 0.462 e. The maximum atomic E-state index is 12.4. The first-order chi connectivity index (χ1) is 14.0. The minimum atomic E-state index is -0.424. The Morgan fingerprint density at radius 3 is 2.90 bits per heavy atom. The quantitative estimate of drug-likeness (QED) is 0.469. The molecule has 2 aromatic rings. The van der Waals surface area contributed by atoms with Crippen LogP contribution in [0.3, 0.4) is 0 Å². The first-order valence-corrected chi connectivity index (χ1v) is 11.4. The van der Waals surface area contributed by atoms with Crippen LogP contribution in [0.25, 0.3) is 0 Å². The smallest absolute Gasteiger partial charge is 0.350 e. The second-order valence-electron chi connectivity index (χ2n) is 6.49. The number of hydrogen-bond donors (Lipinski definition) is 1. The molecule has 0 aromatic carbocycles. The molecule has 9 nitrogen and oxygen atoms in total. The van der Waals surface area contributed by atoms with Crippen LogP contribution in [0.2, 0.25) is 0 Å². The van der Waals surface area contributed by atoms with E-state index >= 15 is 0 Å². The lowest BCUT2D eigenvalue weighted by Gasteiger charge is -2.14. The van der Waals surface area contributed by atoms with E-state index in [9.17, 15) is 9.59 Å². The van der Waals surface area contributed by atoms with E-state index in [4.69, 9.17) is 9.47 Å². The second-order valence-corrected chi connectivity index (χ2v) is 8.43. The summed E-state index contributed by atoms with van der Waals surface area (Å²) < 4.78 is 12.8. The molecule has 1 N–H and O–H groups in total. The second kappa shape index (κ2) is 10.2. The zero-order valence-electron chi connectivity index (χ0n) is 16.8. The lowest BCUT2D eigenvalue weighted by molar-refractivity contribution is -0.113. The molecular weight excluding hydrogens is 414 g/mol. The predicted molar refractivity (Wildman–Crippen MR) is 111 cm³/mol. The first kappa shape index (κ1) is 21.7. The highest BCUT2D eigenvalue weighted by molar-refractivity contribution is 7.99. The molecule has 1 saturated heterocycles. The maximum absolute atomic E-state index is 12.4. The SMILES string of the molecule is CCOC(=O)c1sc(NC(=O)CSc2nnc(CC)n2CC2CCCO2)nc1C. The molecular formula is C18H25N5O4S2. The van der Waals surface area contributed by atoms with Gasteiger partial charge in [-0.05, 0) is 26.7 Å². The van der Waals surface area contributed by atoms with Gasteiger partial charge in [-0.3, -0.25) is 4.79 Å². The molecule has 3 heterocycles. The Hall–Kier alpha value is -1.98. The molecule has 0 aliphatic carbocycles. The zero-order valence-corrected chi connectivity index (χ0v) is 18.4. The summed E-state index contributed by atoms with van der Waals surface area (Å²) in [5, 5.41) is 12.3. The summed E-state index contributed by atoms with van der Waals surface area (Å²) in [6.45, 7) is 7.28. The molecule has 11 heteroatoms. The van der Waals surface area contributed by atoms with Gasteiger partial charge in [0.25, 0.3) is 0 Å². The molecule has 0 radical (unpaired) electrons. The number of aryl methyl sites for hydroxylation is 2. The molecule has 0 saturated carbocycles. The van der Waals surface area contributed by atoms with Crippen LogP contribution in [0.15, 0.2) is 5.16 Å². The number of anilines is 1. The molecule has 1 fully saturated rings. The summed E-state index contributed by atoms with van der Waals surface area (Å²) in [6, 6.07) is 0. The van der Waals surface area contributed by atoms with Crippen LogP contribution in [0.1, 0.15) is 47.9 Å². The third-order valence-electron chi connectivity index (χ3n) is 4.36. The number of thioether (sulfide) groups is 1. The van der Waals surface area contributed by atoms with Crippen LogP contribution in [-0.4, -0.2) is 56.7 Å². The minimum absolute atomic E-state index is 0.167. The minimum Gasteiger partial charge on any atom is -0.462 e. The van der Waals surface area contributed by atoms with E-state index in [0.717, 1.165) is 43.0 Å². The fourth-order valence-corrected chi connectivity index (χ4v) is 4.63. The summed E-state index contributed by atoms with van der Waals surface area (Å²) in [6.07, 6.45) is 3.03. The predicted octanol–water partition coefficient (Wildman–Crippen LogP) is 2.69. The van der Waals surface area contributed by atoms with Crippen LogP contribution in [-0.2, 0) is 27.2 Å². The maximum Gasteiger partial charge on any atom is 0.350 e. The molecule has 1 unspecified atom stereocenters. The average Bonchev–Trinajstić information content (AvgIpc) is 3.41. The van der Waals surface area contributed by atoms with E-state index in [1.165, 1.54) is 11.8 Å². The van der Waals surface area contributed by atoms with Gasteiger partial charge < -0.3 is 19.4 Å². The molecule has 1 aliphatic heterocycles. The van der Waals surface area contributed by atoms with Gasteiger partial charge >= 0.3 is 5.97 Å². The molecule has 158 valence electrons. The zero-order chi connectivity index (χ0) is 20.8. The Labute approximate surface area is 177 Å². The third kappa shape index (κ3) is 5.55. The number of rotatable bonds is 9. The standard InChI is InChI=1S/C18H25N5O4S2/c1-4-13-21-22-18(23(13)9-12-7-6-8-27-12)28-10-14(24)20-17-19-11(3)15(29-17)16(25)26-5-2/h12H,4-10H2,1-3H3,(H,19,20,24). The third-order valence-corrected chi connectivity index (χ3v) is 6.38. The van der Waals surface area contributed by atoms with Crippen LogP contribution < -0.4 is 5.32 Å². The van der Waals surface area contributed by atoms with Crippen molar-refractivity contribution < 1.29 is 19.1 Å². The molecule has 2 aromatic heterocycles. The molecule has 29 heavy (non-hydrogen) atoms. The number of nitrogens with one attached hydrogen (secondary N) is 1. The van der Waals surface area contributed by atoms with E-state index in [1.54, 1.807) is 13.8 Å². The Morgan fingerprint density at radius 1 is 1.38 bits per heavy atom. The van der Waals surface area contributed by atoms with Crippen molar-refractivity contribution in [3.8, 4) is 0 Å². The highest BCUT2D eigenvalue weighted by Gasteiger charge is 2.21. The molecule has 1 amide bonds. The fraction of sp³-hybridized carbons (Fsp3) is 0.611. The van der Waals surface area contributed by atoms with Crippen molar-refractivity contribution in [1.29, 1.82) is 0 Å². The van der Waals surface area contributed by atoms with Gasteiger partial charge in [0, 0.05) is 13.0 Å². The summed E-state index contributed by atoms with van der Waals surface area (Å²) in [5.74, 6) is 0.411. The average molecular weight is 440 g/mol. The lowest BCUT2D eigenvalue weighted by atomic mass is 10.2. The van der Waals surface area contributed by atoms with Crippen LogP contribution in [0, 0.1) is 6.92 Å². The van der Waals surface area contributed by atoms with Crippen LogP contribution >= 0.6 is 23.1 Å². The number of aromatic nitrogens is 4.